The van der Waals surface area contributed by atoms with Crippen molar-refractivity contribution in [2.45, 2.75) is 58.9 Å². The number of hydrogen-bond acceptors (Lipinski definition) is 3. The zero-order valence-electron chi connectivity index (χ0n) is 14.1. The van der Waals surface area contributed by atoms with Crippen molar-refractivity contribution in [3.05, 3.63) is 24.0 Å². The van der Waals surface area contributed by atoms with Gasteiger partial charge in [0.2, 0.25) is 0 Å². The van der Waals surface area contributed by atoms with Crippen molar-refractivity contribution in [2.24, 2.45) is 5.92 Å². The van der Waals surface area contributed by atoms with Gasteiger partial charge >= 0.3 is 0 Å². The van der Waals surface area contributed by atoms with Crippen molar-refractivity contribution in [1.82, 2.24) is 10.3 Å². The number of nitrogens with zero attached hydrogens (tertiary/aromatic N) is 2. The Morgan fingerprint density at radius 3 is 2.95 bits per heavy atom. The zero-order chi connectivity index (χ0) is 15.9. The first-order valence-corrected chi connectivity index (χ1v) is 8.61. The molecule has 0 bridgehead atoms. The molecule has 1 atom stereocenters. The maximum atomic E-state index is 12.2. The molecule has 0 spiro atoms. The number of aromatic nitrogens is 1. The number of hydrogen-bond donors (Lipinski definition) is 1. The number of piperidine rings is 1. The second kappa shape index (κ2) is 8.16. The molecule has 0 aromatic carbocycles. The maximum absolute atomic E-state index is 12.2. The van der Waals surface area contributed by atoms with E-state index in [9.17, 15) is 4.79 Å². The van der Waals surface area contributed by atoms with Crippen LogP contribution in [0.15, 0.2) is 18.5 Å². The molecule has 1 aliphatic heterocycles. The first kappa shape index (κ1) is 16.8. The summed E-state index contributed by atoms with van der Waals surface area (Å²) >= 11 is 0. The van der Waals surface area contributed by atoms with Crippen molar-refractivity contribution in [2.75, 3.05) is 18.0 Å². The van der Waals surface area contributed by atoms with Crippen molar-refractivity contribution in [1.29, 1.82) is 0 Å². The highest BCUT2D eigenvalue weighted by Crippen LogP contribution is 2.26. The molecule has 1 aromatic rings. The predicted molar refractivity (Wildman–Crippen MR) is 91.3 cm³/mol. The SMILES string of the molecule is CCC1CCCCN1c1cncc(C(=O)NCCC(C)C)c1. The molecule has 1 fully saturated rings. The third-order valence-electron chi connectivity index (χ3n) is 4.42. The molecule has 2 rings (SSSR count). The number of pyridine rings is 1. The lowest BCUT2D eigenvalue weighted by atomic mass is 9.99. The van der Waals surface area contributed by atoms with Crippen LogP contribution in [0.5, 0.6) is 0 Å². The molecule has 1 aliphatic rings. The number of rotatable bonds is 6. The minimum atomic E-state index is -0.0138. The summed E-state index contributed by atoms with van der Waals surface area (Å²) in [7, 11) is 0. The minimum absolute atomic E-state index is 0.0138. The molecule has 1 saturated heterocycles. The fraction of sp³-hybridized carbons (Fsp3) is 0.667. The molecule has 0 radical (unpaired) electrons. The predicted octanol–water partition coefficient (Wildman–Crippen LogP) is 3.63. The van der Waals surface area contributed by atoms with E-state index in [4.69, 9.17) is 0 Å². The van der Waals surface area contributed by atoms with Gasteiger partial charge in [-0.2, -0.15) is 0 Å². The number of carbonyl (C=O) groups excluding carboxylic acids is 1. The first-order valence-electron chi connectivity index (χ1n) is 8.61. The van der Waals surface area contributed by atoms with Crippen LogP contribution >= 0.6 is 0 Å². The maximum Gasteiger partial charge on any atom is 0.252 e. The van der Waals surface area contributed by atoms with E-state index in [-0.39, 0.29) is 5.91 Å². The molecule has 0 aliphatic carbocycles. The first-order chi connectivity index (χ1) is 10.6. The average molecular weight is 303 g/mol. The monoisotopic (exact) mass is 303 g/mol. The highest BCUT2D eigenvalue weighted by molar-refractivity contribution is 5.94. The van der Waals surface area contributed by atoms with E-state index in [1.54, 1.807) is 6.20 Å². The van der Waals surface area contributed by atoms with Gasteiger partial charge < -0.3 is 10.2 Å². The van der Waals surface area contributed by atoms with Crippen LogP contribution in [-0.4, -0.2) is 30.0 Å². The van der Waals surface area contributed by atoms with Crippen LogP contribution in [0.2, 0.25) is 0 Å². The highest BCUT2D eigenvalue weighted by Gasteiger charge is 2.22. The molecule has 4 heteroatoms. The summed E-state index contributed by atoms with van der Waals surface area (Å²) in [6.07, 6.45) is 9.46. The van der Waals surface area contributed by atoms with Crippen LogP contribution in [-0.2, 0) is 0 Å². The van der Waals surface area contributed by atoms with Crippen LogP contribution in [0, 0.1) is 5.92 Å². The summed E-state index contributed by atoms with van der Waals surface area (Å²) < 4.78 is 0. The topological polar surface area (TPSA) is 45.2 Å². The molecule has 1 unspecified atom stereocenters. The Labute approximate surface area is 134 Å². The number of nitrogens with one attached hydrogen (secondary N) is 1. The van der Waals surface area contributed by atoms with Crippen LogP contribution in [0.1, 0.15) is 63.2 Å². The van der Waals surface area contributed by atoms with Crippen molar-refractivity contribution in [3.63, 3.8) is 0 Å². The summed E-state index contributed by atoms with van der Waals surface area (Å²) in [5.74, 6) is 0.587. The second-order valence-corrected chi connectivity index (χ2v) is 6.62. The van der Waals surface area contributed by atoms with Crippen molar-refractivity contribution in [3.8, 4) is 0 Å². The van der Waals surface area contributed by atoms with E-state index >= 15 is 0 Å². The summed E-state index contributed by atoms with van der Waals surface area (Å²) in [5, 5.41) is 2.99. The van der Waals surface area contributed by atoms with Gasteiger partial charge in [0.15, 0.2) is 0 Å². The fourth-order valence-electron chi connectivity index (χ4n) is 3.05. The quantitative estimate of drug-likeness (QED) is 0.873. The molecular weight excluding hydrogens is 274 g/mol. The lowest BCUT2D eigenvalue weighted by molar-refractivity contribution is 0.0951. The molecule has 122 valence electrons. The third kappa shape index (κ3) is 4.46. The van der Waals surface area contributed by atoms with E-state index in [1.807, 2.05) is 12.3 Å². The second-order valence-electron chi connectivity index (χ2n) is 6.62. The van der Waals surface area contributed by atoms with Gasteiger partial charge in [0.1, 0.15) is 0 Å². The van der Waals surface area contributed by atoms with Gasteiger partial charge in [0.25, 0.3) is 5.91 Å². The summed E-state index contributed by atoms with van der Waals surface area (Å²) in [5.41, 5.74) is 1.75. The Kier molecular flexibility index (Phi) is 6.22. The molecule has 2 heterocycles. The van der Waals surface area contributed by atoms with Gasteiger partial charge in [-0.05, 0) is 44.1 Å². The standard InChI is InChI=1S/C18H29N3O/c1-4-16-7-5-6-10-21(16)17-11-15(12-19-13-17)18(22)20-9-8-14(2)3/h11-14,16H,4-10H2,1-3H3,(H,20,22). The van der Waals surface area contributed by atoms with Gasteiger partial charge in [-0.25, -0.2) is 0 Å². The summed E-state index contributed by atoms with van der Waals surface area (Å²) in [4.78, 5) is 19.0. The molecular formula is C18H29N3O. The number of amides is 1. The third-order valence-corrected chi connectivity index (χ3v) is 4.42. The molecule has 1 amide bonds. The smallest absolute Gasteiger partial charge is 0.252 e. The van der Waals surface area contributed by atoms with E-state index in [0.717, 1.165) is 31.6 Å². The lowest BCUT2D eigenvalue weighted by Gasteiger charge is -2.37. The Bertz CT molecular complexity index is 487. The fourth-order valence-corrected chi connectivity index (χ4v) is 3.05. The molecule has 22 heavy (non-hydrogen) atoms. The largest absolute Gasteiger partial charge is 0.367 e. The van der Waals surface area contributed by atoms with Crippen LogP contribution < -0.4 is 10.2 Å². The van der Waals surface area contributed by atoms with Gasteiger partial charge in [0, 0.05) is 25.3 Å². The van der Waals surface area contributed by atoms with E-state index in [0.29, 0.717) is 17.5 Å². The van der Waals surface area contributed by atoms with Crippen molar-refractivity contribution < 1.29 is 4.79 Å². The highest BCUT2D eigenvalue weighted by atomic mass is 16.1. The van der Waals surface area contributed by atoms with Gasteiger partial charge in [-0.1, -0.05) is 20.8 Å². The Balaban J connectivity index is 2.04. The Hall–Kier alpha value is -1.58. The minimum Gasteiger partial charge on any atom is -0.367 e. The van der Waals surface area contributed by atoms with Gasteiger partial charge in [-0.15, -0.1) is 0 Å². The van der Waals surface area contributed by atoms with Crippen LogP contribution in [0.3, 0.4) is 0 Å². The molecule has 1 aromatic heterocycles. The zero-order valence-corrected chi connectivity index (χ0v) is 14.1. The summed E-state index contributed by atoms with van der Waals surface area (Å²) in [6, 6.07) is 2.57. The van der Waals surface area contributed by atoms with Crippen molar-refractivity contribution >= 4 is 11.6 Å². The van der Waals surface area contributed by atoms with Crippen LogP contribution in [0.25, 0.3) is 0 Å². The Morgan fingerprint density at radius 2 is 2.23 bits per heavy atom. The lowest BCUT2D eigenvalue weighted by Crippen LogP contribution is -2.39. The average Bonchev–Trinajstić information content (AvgIpc) is 2.54. The van der Waals surface area contributed by atoms with Crippen LogP contribution in [0.4, 0.5) is 5.69 Å². The normalized spacial score (nSPS) is 18.5. The molecule has 4 nitrogen and oxygen atoms in total. The van der Waals surface area contributed by atoms with E-state index < -0.39 is 0 Å². The van der Waals surface area contributed by atoms with E-state index in [2.05, 4.69) is 36.0 Å². The van der Waals surface area contributed by atoms with Gasteiger partial charge in [0.05, 0.1) is 17.4 Å². The molecule has 1 N–H and O–H groups in total. The number of carbonyl (C=O) groups is 1. The van der Waals surface area contributed by atoms with E-state index in [1.165, 1.54) is 19.3 Å². The number of anilines is 1. The Morgan fingerprint density at radius 1 is 1.41 bits per heavy atom. The summed E-state index contributed by atoms with van der Waals surface area (Å²) in [6.45, 7) is 8.35. The molecule has 0 saturated carbocycles. The van der Waals surface area contributed by atoms with Gasteiger partial charge in [-0.3, -0.25) is 9.78 Å².